The number of imidazole rings is 1. The van der Waals surface area contributed by atoms with Crippen LogP contribution in [0.1, 0.15) is 58.2 Å². The Kier molecular flexibility index (Phi) is 5.61. The summed E-state index contributed by atoms with van der Waals surface area (Å²) in [6, 6.07) is 1.12. The number of nitrogens with zero attached hydrogens (tertiary/aromatic N) is 3. The highest BCUT2D eigenvalue weighted by Gasteiger charge is 2.29. The van der Waals surface area contributed by atoms with Gasteiger partial charge >= 0.3 is 0 Å². The van der Waals surface area contributed by atoms with Gasteiger partial charge in [0.15, 0.2) is 0 Å². The van der Waals surface area contributed by atoms with E-state index in [1.54, 1.807) is 0 Å². The van der Waals surface area contributed by atoms with Gasteiger partial charge in [0.25, 0.3) is 0 Å². The lowest BCUT2D eigenvalue weighted by molar-refractivity contribution is 0.103. The topological polar surface area (TPSA) is 47.1 Å². The summed E-state index contributed by atoms with van der Waals surface area (Å²) in [7, 11) is 0. The zero-order valence-electron chi connectivity index (χ0n) is 13.3. The molecular weight excluding hydrogens is 248 g/mol. The van der Waals surface area contributed by atoms with Crippen LogP contribution in [0.5, 0.6) is 0 Å². The van der Waals surface area contributed by atoms with Crippen LogP contribution in [0.2, 0.25) is 0 Å². The maximum atomic E-state index is 5.99. The summed E-state index contributed by atoms with van der Waals surface area (Å²) in [6.07, 6.45) is 9.26. The minimum atomic E-state index is 0.475. The van der Waals surface area contributed by atoms with E-state index in [2.05, 4.69) is 35.2 Å². The lowest BCUT2D eigenvalue weighted by Crippen LogP contribution is -2.44. The van der Waals surface area contributed by atoms with Gasteiger partial charge in [0.2, 0.25) is 0 Å². The van der Waals surface area contributed by atoms with Gasteiger partial charge in [-0.25, -0.2) is 4.98 Å². The van der Waals surface area contributed by atoms with Gasteiger partial charge < -0.3 is 10.3 Å². The smallest absolute Gasteiger partial charge is 0.0951 e. The third-order valence-corrected chi connectivity index (χ3v) is 4.71. The van der Waals surface area contributed by atoms with Crippen molar-refractivity contribution in [2.24, 2.45) is 11.7 Å². The van der Waals surface area contributed by atoms with Gasteiger partial charge in [-0.1, -0.05) is 19.8 Å². The molecule has 0 amide bonds. The van der Waals surface area contributed by atoms with Crippen molar-refractivity contribution in [2.45, 2.75) is 65.1 Å². The molecular formula is C16H30N4. The number of nitrogens with two attached hydrogens (primary N) is 1. The fraction of sp³-hybridized carbons (Fsp3) is 0.812. The van der Waals surface area contributed by atoms with E-state index in [-0.39, 0.29) is 0 Å². The van der Waals surface area contributed by atoms with E-state index in [4.69, 9.17) is 5.73 Å². The second-order valence-corrected chi connectivity index (χ2v) is 6.30. The van der Waals surface area contributed by atoms with Crippen LogP contribution in [-0.2, 0) is 6.54 Å². The van der Waals surface area contributed by atoms with Gasteiger partial charge in [-0.2, -0.15) is 0 Å². The van der Waals surface area contributed by atoms with Gasteiger partial charge in [0.05, 0.1) is 12.0 Å². The molecule has 1 aliphatic carbocycles. The second-order valence-electron chi connectivity index (χ2n) is 6.30. The van der Waals surface area contributed by atoms with Crippen LogP contribution in [0.25, 0.3) is 0 Å². The van der Waals surface area contributed by atoms with Crippen LogP contribution in [0.3, 0.4) is 0 Å². The molecule has 0 saturated heterocycles. The largest absolute Gasteiger partial charge is 0.331 e. The minimum Gasteiger partial charge on any atom is -0.331 e. The van der Waals surface area contributed by atoms with E-state index in [9.17, 15) is 0 Å². The molecule has 20 heavy (non-hydrogen) atoms. The second kappa shape index (κ2) is 7.23. The third-order valence-electron chi connectivity index (χ3n) is 4.71. The Labute approximate surface area is 123 Å². The molecule has 0 bridgehead atoms. The van der Waals surface area contributed by atoms with Crippen molar-refractivity contribution < 1.29 is 0 Å². The molecule has 1 fully saturated rings. The zero-order valence-corrected chi connectivity index (χ0v) is 13.3. The Morgan fingerprint density at radius 2 is 2.15 bits per heavy atom. The minimum absolute atomic E-state index is 0.475. The fourth-order valence-corrected chi connectivity index (χ4v) is 3.53. The third kappa shape index (κ3) is 3.41. The summed E-state index contributed by atoms with van der Waals surface area (Å²) in [5.41, 5.74) is 7.32. The highest BCUT2D eigenvalue weighted by atomic mass is 15.2. The van der Waals surface area contributed by atoms with Crippen LogP contribution < -0.4 is 5.73 Å². The summed E-state index contributed by atoms with van der Waals surface area (Å²) < 4.78 is 2.28. The van der Waals surface area contributed by atoms with Crippen LogP contribution in [0.4, 0.5) is 0 Å². The number of hydrogen-bond acceptors (Lipinski definition) is 3. The molecule has 1 aromatic rings. The molecule has 1 aliphatic rings. The average molecular weight is 278 g/mol. The Bertz CT molecular complexity index is 399. The number of rotatable bonds is 6. The first-order chi connectivity index (χ1) is 9.67. The number of hydrogen-bond donors (Lipinski definition) is 1. The molecule has 2 rings (SSSR count). The quantitative estimate of drug-likeness (QED) is 0.870. The number of aromatic nitrogens is 2. The van der Waals surface area contributed by atoms with Crippen molar-refractivity contribution in [1.82, 2.24) is 14.5 Å². The SMILES string of the molecule is CCN(Cc1cncn1C(C)C)C1CCCCC1CN. The van der Waals surface area contributed by atoms with E-state index < -0.39 is 0 Å². The maximum absolute atomic E-state index is 5.99. The van der Waals surface area contributed by atoms with E-state index in [1.165, 1.54) is 31.4 Å². The van der Waals surface area contributed by atoms with Crippen molar-refractivity contribution >= 4 is 0 Å². The normalized spacial score (nSPS) is 23.7. The van der Waals surface area contributed by atoms with E-state index in [0.29, 0.717) is 18.0 Å². The molecule has 0 radical (unpaired) electrons. The first kappa shape index (κ1) is 15.5. The van der Waals surface area contributed by atoms with Gasteiger partial charge in [0.1, 0.15) is 0 Å². The molecule has 4 heteroatoms. The molecule has 2 N–H and O–H groups in total. The van der Waals surface area contributed by atoms with Crippen molar-refractivity contribution in [3.05, 3.63) is 18.2 Å². The monoisotopic (exact) mass is 278 g/mol. The molecule has 1 saturated carbocycles. The molecule has 1 heterocycles. The Balaban J connectivity index is 2.09. The molecule has 2 unspecified atom stereocenters. The first-order valence-corrected chi connectivity index (χ1v) is 8.12. The summed E-state index contributed by atoms with van der Waals surface area (Å²) in [5, 5.41) is 0. The average Bonchev–Trinajstić information content (AvgIpc) is 2.93. The standard InChI is InChI=1S/C16H30N4/c1-4-19(16-8-6-5-7-14(16)9-17)11-15-10-18-12-20(15)13(2)3/h10,12-14,16H,4-9,11,17H2,1-3H3. The van der Waals surface area contributed by atoms with E-state index in [0.717, 1.165) is 19.6 Å². The van der Waals surface area contributed by atoms with Gasteiger partial charge in [-0.05, 0) is 45.7 Å². The van der Waals surface area contributed by atoms with Crippen molar-refractivity contribution in [2.75, 3.05) is 13.1 Å². The highest BCUT2D eigenvalue weighted by molar-refractivity contribution is 5.01. The summed E-state index contributed by atoms with van der Waals surface area (Å²) >= 11 is 0. The summed E-state index contributed by atoms with van der Waals surface area (Å²) in [6.45, 7) is 9.60. The van der Waals surface area contributed by atoms with E-state index in [1.807, 2.05) is 12.5 Å². The van der Waals surface area contributed by atoms with Crippen LogP contribution in [0, 0.1) is 5.92 Å². The Hall–Kier alpha value is -0.870. The van der Waals surface area contributed by atoms with Crippen molar-refractivity contribution in [3.8, 4) is 0 Å². The summed E-state index contributed by atoms with van der Waals surface area (Å²) in [5.74, 6) is 0.666. The predicted octanol–water partition coefficient (Wildman–Crippen LogP) is 2.80. The van der Waals surface area contributed by atoms with Crippen LogP contribution in [0.15, 0.2) is 12.5 Å². The highest BCUT2D eigenvalue weighted by Crippen LogP contribution is 2.29. The molecule has 0 spiro atoms. The lowest BCUT2D eigenvalue weighted by atomic mass is 9.83. The molecule has 0 aromatic carbocycles. The molecule has 0 aliphatic heterocycles. The van der Waals surface area contributed by atoms with Gasteiger partial charge in [-0.3, -0.25) is 4.90 Å². The van der Waals surface area contributed by atoms with Gasteiger partial charge in [0, 0.05) is 24.8 Å². The fourth-order valence-electron chi connectivity index (χ4n) is 3.53. The maximum Gasteiger partial charge on any atom is 0.0951 e. The molecule has 1 aromatic heterocycles. The molecule has 4 nitrogen and oxygen atoms in total. The Morgan fingerprint density at radius 1 is 1.40 bits per heavy atom. The van der Waals surface area contributed by atoms with Crippen LogP contribution >= 0.6 is 0 Å². The Morgan fingerprint density at radius 3 is 2.80 bits per heavy atom. The lowest BCUT2D eigenvalue weighted by Gasteiger charge is -2.39. The summed E-state index contributed by atoms with van der Waals surface area (Å²) in [4.78, 5) is 6.93. The van der Waals surface area contributed by atoms with Crippen molar-refractivity contribution in [3.63, 3.8) is 0 Å². The first-order valence-electron chi connectivity index (χ1n) is 8.12. The van der Waals surface area contributed by atoms with E-state index >= 15 is 0 Å². The van der Waals surface area contributed by atoms with Crippen LogP contribution in [-0.4, -0.2) is 33.6 Å². The molecule has 2 atom stereocenters. The molecule has 114 valence electrons. The van der Waals surface area contributed by atoms with Gasteiger partial charge in [-0.15, -0.1) is 0 Å². The van der Waals surface area contributed by atoms with Crippen molar-refractivity contribution in [1.29, 1.82) is 0 Å². The predicted molar refractivity (Wildman–Crippen MR) is 83.5 cm³/mol. The zero-order chi connectivity index (χ0) is 14.5.